The van der Waals surface area contributed by atoms with Gasteiger partial charge in [0.15, 0.2) is 0 Å². The van der Waals surface area contributed by atoms with Gasteiger partial charge in [-0.1, -0.05) is 6.07 Å². The molecule has 0 aromatic heterocycles. The zero-order chi connectivity index (χ0) is 14.4. The van der Waals surface area contributed by atoms with Crippen molar-refractivity contribution in [2.75, 3.05) is 11.9 Å². The summed E-state index contributed by atoms with van der Waals surface area (Å²) in [6.07, 6.45) is 0.224. The molecule has 0 heterocycles. The number of alkyl halides is 1. The van der Waals surface area contributed by atoms with Crippen LogP contribution in [0.15, 0.2) is 18.2 Å². The first-order chi connectivity index (χ1) is 8.90. The number of carbonyl (C=O) groups excluding carboxylic acids is 2. The zero-order valence-corrected chi connectivity index (χ0v) is 12.2. The van der Waals surface area contributed by atoms with Crippen molar-refractivity contribution in [2.45, 2.75) is 32.6 Å². The first-order valence-electron chi connectivity index (χ1n) is 6.19. The Morgan fingerprint density at radius 3 is 2.53 bits per heavy atom. The molecule has 0 saturated carbocycles. The van der Waals surface area contributed by atoms with Crippen LogP contribution in [0.25, 0.3) is 0 Å². The quantitative estimate of drug-likeness (QED) is 0.815. The van der Waals surface area contributed by atoms with E-state index < -0.39 is 5.38 Å². The predicted molar refractivity (Wildman–Crippen MR) is 77.5 cm³/mol. The van der Waals surface area contributed by atoms with Crippen molar-refractivity contribution in [1.29, 1.82) is 0 Å². The summed E-state index contributed by atoms with van der Waals surface area (Å²) >= 11 is 5.59. The Morgan fingerprint density at radius 2 is 1.95 bits per heavy atom. The molecule has 0 spiro atoms. The molecule has 0 aliphatic heterocycles. The van der Waals surface area contributed by atoms with Crippen molar-refractivity contribution in [1.82, 2.24) is 5.32 Å². The van der Waals surface area contributed by atoms with E-state index in [0.717, 1.165) is 11.3 Å². The van der Waals surface area contributed by atoms with E-state index in [1.165, 1.54) is 5.56 Å². The summed E-state index contributed by atoms with van der Waals surface area (Å²) in [5.74, 6) is -0.397. The molecule has 0 radical (unpaired) electrons. The van der Waals surface area contributed by atoms with Gasteiger partial charge in [-0.3, -0.25) is 9.59 Å². The number of rotatable bonds is 5. The van der Waals surface area contributed by atoms with Gasteiger partial charge in [0.25, 0.3) is 0 Å². The molecule has 0 saturated heterocycles. The van der Waals surface area contributed by atoms with Crippen molar-refractivity contribution < 1.29 is 9.59 Å². The van der Waals surface area contributed by atoms with Crippen LogP contribution in [0, 0.1) is 13.8 Å². The monoisotopic (exact) mass is 282 g/mol. The van der Waals surface area contributed by atoms with E-state index in [2.05, 4.69) is 10.6 Å². The van der Waals surface area contributed by atoms with Crippen LogP contribution in [0.2, 0.25) is 0 Å². The van der Waals surface area contributed by atoms with Gasteiger partial charge in [-0.2, -0.15) is 0 Å². The fourth-order valence-corrected chi connectivity index (χ4v) is 1.56. The lowest BCUT2D eigenvalue weighted by Crippen LogP contribution is -2.32. The number of aryl methyl sites for hydroxylation is 2. The summed E-state index contributed by atoms with van der Waals surface area (Å²) in [7, 11) is 0. The zero-order valence-electron chi connectivity index (χ0n) is 11.4. The van der Waals surface area contributed by atoms with Gasteiger partial charge in [-0.25, -0.2) is 0 Å². The molecule has 19 heavy (non-hydrogen) atoms. The van der Waals surface area contributed by atoms with Gasteiger partial charge in [-0.05, 0) is 44.0 Å². The Balaban J connectivity index is 2.39. The maximum atomic E-state index is 11.7. The van der Waals surface area contributed by atoms with E-state index in [9.17, 15) is 9.59 Å². The smallest absolute Gasteiger partial charge is 0.237 e. The third kappa shape index (κ3) is 5.30. The molecule has 2 amide bonds. The molecule has 5 heteroatoms. The van der Waals surface area contributed by atoms with E-state index in [1.54, 1.807) is 6.92 Å². The van der Waals surface area contributed by atoms with Crippen LogP contribution >= 0.6 is 11.6 Å². The van der Waals surface area contributed by atoms with Gasteiger partial charge in [0.1, 0.15) is 5.38 Å². The van der Waals surface area contributed by atoms with Crippen LogP contribution in [-0.4, -0.2) is 23.7 Å². The molecule has 0 fully saturated rings. The standard InChI is InChI=1S/C14H19ClN2O2/c1-9-4-5-12(8-10(9)2)17-13(18)6-7-16-14(19)11(3)15/h4-5,8,11H,6-7H2,1-3H3,(H,16,19)(H,17,18)/t11-/m1/s1. The van der Waals surface area contributed by atoms with E-state index in [0.29, 0.717) is 0 Å². The number of amides is 2. The molecule has 1 rings (SSSR count). The minimum atomic E-state index is -0.581. The fourth-order valence-electron chi connectivity index (χ4n) is 1.48. The number of benzene rings is 1. The van der Waals surface area contributed by atoms with Crippen LogP contribution in [0.4, 0.5) is 5.69 Å². The maximum absolute atomic E-state index is 11.7. The van der Waals surface area contributed by atoms with Crippen LogP contribution in [-0.2, 0) is 9.59 Å². The molecular weight excluding hydrogens is 264 g/mol. The van der Waals surface area contributed by atoms with Gasteiger partial charge in [0.05, 0.1) is 0 Å². The number of nitrogens with one attached hydrogen (secondary N) is 2. The summed E-state index contributed by atoms with van der Waals surface area (Å²) in [5, 5.41) is 4.80. The highest BCUT2D eigenvalue weighted by Crippen LogP contribution is 2.14. The Bertz CT molecular complexity index is 473. The Labute approximate surface area is 118 Å². The largest absolute Gasteiger partial charge is 0.354 e. The van der Waals surface area contributed by atoms with E-state index >= 15 is 0 Å². The minimum Gasteiger partial charge on any atom is -0.354 e. The first-order valence-corrected chi connectivity index (χ1v) is 6.62. The molecule has 0 bridgehead atoms. The predicted octanol–water partition coefficient (Wildman–Crippen LogP) is 2.38. The Kier molecular flexibility index (Phi) is 5.83. The fraction of sp³-hybridized carbons (Fsp3) is 0.429. The average Bonchev–Trinajstić information content (AvgIpc) is 2.33. The van der Waals surface area contributed by atoms with Crippen molar-refractivity contribution >= 4 is 29.1 Å². The number of anilines is 1. The summed E-state index contributed by atoms with van der Waals surface area (Å²) in [6.45, 7) is 5.88. The topological polar surface area (TPSA) is 58.2 Å². The molecule has 2 N–H and O–H groups in total. The summed E-state index contributed by atoms with van der Waals surface area (Å²) in [5.41, 5.74) is 3.08. The first kappa shape index (κ1) is 15.5. The third-order valence-corrected chi connectivity index (χ3v) is 3.00. The number of halogens is 1. The van der Waals surface area contributed by atoms with Gasteiger partial charge in [0.2, 0.25) is 11.8 Å². The van der Waals surface area contributed by atoms with E-state index in [-0.39, 0.29) is 24.8 Å². The highest BCUT2D eigenvalue weighted by molar-refractivity contribution is 6.30. The highest BCUT2D eigenvalue weighted by atomic mass is 35.5. The van der Waals surface area contributed by atoms with E-state index in [4.69, 9.17) is 11.6 Å². The van der Waals surface area contributed by atoms with Crippen molar-refractivity contribution in [3.8, 4) is 0 Å². The van der Waals surface area contributed by atoms with Gasteiger partial charge in [0, 0.05) is 18.7 Å². The highest BCUT2D eigenvalue weighted by Gasteiger charge is 2.09. The molecule has 1 aromatic rings. The lowest BCUT2D eigenvalue weighted by Gasteiger charge is -2.09. The van der Waals surface area contributed by atoms with Crippen molar-refractivity contribution in [3.63, 3.8) is 0 Å². The van der Waals surface area contributed by atoms with Crippen LogP contribution in [0.3, 0.4) is 0 Å². The molecule has 1 atom stereocenters. The number of carbonyl (C=O) groups is 2. The lowest BCUT2D eigenvalue weighted by atomic mass is 10.1. The molecule has 0 aliphatic carbocycles. The van der Waals surface area contributed by atoms with Gasteiger partial charge in [-0.15, -0.1) is 11.6 Å². The van der Waals surface area contributed by atoms with E-state index in [1.807, 2.05) is 32.0 Å². The molecule has 4 nitrogen and oxygen atoms in total. The maximum Gasteiger partial charge on any atom is 0.237 e. The molecule has 0 aliphatic rings. The average molecular weight is 283 g/mol. The van der Waals surface area contributed by atoms with Crippen LogP contribution in [0.1, 0.15) is 24.5 Å². The summed E-state index contributed by atoms with van der Waals surface area (Å²) < 4.78 is 0. The van der Waals surface area contributed by atoms with Crippen molar-refractivity contribution in [3.05, 3.63) is 29.3 Å². The van der Waals surface area contributed by atoms with Crippen molar-refractivity contribution in [2.24, 2.45) is 0 Å². The Morgan fingerprint density at radius 1 is 1.26 bits per heavy atom. The number of hydrogen-bond donors (Lipinski definition) is 2. The summed E-state index contributed by atoms with van der Waals surface area (Å²) in [6, 6.07) is 5.74. The van der Waals surface area contributed by atoms with Gasteiger partial charge < -0.3 is 10.6 Å². The SMILES string of the molecule is Cc1ccc(NC(=O)CCNC(=O)[C@@H](C)Cl)cc1C. The second kappa shape index (κ2) is 7.14. The van der Waals surface area contributed by atoms with Crippen LogP contribution in [0.5, 0.6) is 0 Å². The number of hydrogen-bond acceptors (Lipinski definition) is 2. The Hall–Kier alpha value is -1.55. The second-order valence-electron chi connectivity index (χ2n) is 4.50. The minimum absolute atomic E-state index is 0.134. The summed E-state index contributed by atoms with van der Waals surface area (Å²) in [4.78, 5) is 22.9. The second-order valence-corrected chi connectivity index (χ2v) is 5.16. The molecule has 104 valence electrons. The third-order valence-electron chi connectivity index (χ3n) is 2.80. The molecule has 0 unspecified atom stereocenters. The van der Waals surface area contributed by atoms with Crippen LogP contribution < -0.4 is 10.6 Å². The van der Waals surface area contributed by atoms with Gasteiger partial charge >= 0.3 is 0 Å². The lowest BCUT2D eigenvalue weighted by molar-refractivity contribution is -0.120. The molecular formula is C14H19ClN2O2. The molecule has 1 aromatic carbocycles. The normalized spacial score (nSPS) is 11.8.